The maximum atomic E-state index is 12.1. The molecule has 4 N–H and O–H groups in total. The molecule has 0 aliphatic rings. The van der Waals surface area contributed by atoms with Crippen molar-refractivity contribution in [2.75, 3.05) is 11.1 Å². The monoisotopic (exact) mass is 368 g/mol. The number of anilines is 2. The van der Waals surface area contributed by atoms with Gasteiger partial charge in [-0.2, -0.15) is 0 Å². The Morgan fingerprint density at radius 3 is 2.52 bits per heavy atom. The summed E-state index contributed by atoms with van der Waals surface area (Å²) in [5.74, 6) is -1.61. The second kappa shape index (κ2) is 6.15. The summed E-state index contributed by atoms with van der Waals surface area (Å²) in [6.45, 7) is 0. The van der Waals surface area contributed by atoms with E-state index in [-0.39, 0.29) is 21.8 Å². The third kappa shape index (κ3) is 3.53. The quantitative estimate of drug-likeness (QED) is 0.720. The molecule has 0 spiro atoms. The molecule has 0 aliphatic heterocycles. The third-order valence-electron chi connectivity index (χ3n) is 2.72. The topological polar surface area (TPSA) is 92.4 Å². The molecule has 2 aromatic carbocycles. The molecular weight excluding hydrogens is 360 g/mol. The number of rotatable bonds is 3. The highest BCUT2D eigenvalue weighted by Crippen LogP contribution is 2.24. The van der Waals surface area contributed by atoms with Crippen LogP contribution in [0.15, 0.2) is 40.9 Å². The standard InChI is InChI=1S/C14H10BrClN2O3/c15-8-2-3-9(14(20)21)12(6-8)18-13(19)7-1-4-11(17)10(16)5-7/h1-6H,17H2,(H,18,19)(H,20,21). The van der Waals surface area contributed by atoms with Gasteiger partial charge < -0.3 is 16.2 Å². The number of nitrogen functional groups attached to an aromatic ring is 1. The van der Waals surface area contributed by atoms with E-state index in [0.29, 0.717) is 10.2 Å². The van der Waals surface area contributed by atoms with Crippen LogP contribution in [0, 0.1) is 0 Å². The van der Waals surface area contributed by atoms with Gasteiger partial charge in [-0.05, 0) is 36.4 Å². The molecule has 0 atom stereocenters. The number of carboxylic acid groups (broad SMARTS) is 1. The molecule has 108 valence electrons. The molecule has 0 bridgehead atoms. The highest BCUT2D eigenvalue weighted by Gasteiger charge is 2.14. The number of amides is 1. The van der Waals surface area contributed by atoms with E-state index in [0.717, 1.165) is 0 Å². The van der Waals surface area contributed by atoms with Gasteiger partial charge in [0, 0.05) is 10.0 Å². The first kappa shape index (κ1) is 15.3. The van der Waals surface area contributed by atoms with E-state index < -0.39 is 11.9 Å². The van der Waals surface area contributed by atoms with Crippen LogP contribution in [0.1, 0.15) is 20.7 Å². The SMILES string of the molecule is Nc1ccc(C(=O)Nc2cc(Br)ccc2C(=O)O)cc1Cl. The minimum absolute atomic E-state index is 0.00640. The number of nitrogens with one attached hydrogen (secondary N) is 1. The van der Waals surface area contributed by atoms with E-state index in [4.69, 9.17) is 22.4 Å². The molecule has 1 amide bonds. The van der Waals surface area contributed by atoms with E-state index >= 15 is 0 Å². The van der Waals surface area contributed by atoms with Crippen LogP contribution in [0.3, 0.4) is 0 Å². The van der Waals surface area contributed by atoms with Crippen molar-refractivity contribution in [1.82, 2.24) is 0 Å². The van der Waals surface area contributed by atoms with Crippen molar-refractivity contribution >= 4 is 50.8 Å². The first-order chi connectivity index (χ1) is 9.88. The lowest BCUT2D eigenvalue weighted by molar-refractivity contribution is 0.0698. The summed E-state index contributed by atoms with van der Waals surface area (Å²) in [6.07, 6.45) is 0. The number of hydrogen-bond acceptors (Lipinski definition) is 3. The fraction of sp³-hybridized carbons (Fsp3) is 0. The lowest BCUT2D eigenvalue weighted by Crippen LogP contribution is -2.15. The molecule has 0 aliphatic carbocycles. The number of nitrogens with two attached hydrogens (primary N) is 1. The summed E-state index contributed by atoms with van der Waals surface area (Å²) in [6, 6.07) is 8.94. The Morgan fingerprint density at radius 2 is 1.90 bits per heavy atom. The van der Waals surface area contributed by atoms with Crippen LogP contribution in [0.25, 0.3) is 0 Å². The molecule has 0 fully saturated rings. The van der Waals surface area contributed by atoms with Crippen molar-refractivity contribution in [2.45, 2.75) is 0 Å². The molecule has 21 heavy (non-hydrogen) atoms. The summed E-state index contributed by atoms with van der Waals surface area (Å²) in [5, 5.41) is 11.9. The van der Waals surface area contributed by atoms with E-state index in [9.17, 15) is 9.59 Å². The highest BCUT2D eigenvalue weighted by atomic mass is 79.9. The van der Waals surface area contributed by atoms with Crippen molar-refractivity contribution in [3.8, 4) is 0 Å². The fourth-order valence-corrected chi connectivity index (χ4v) is 2.21. The summed E-state index contributed by atoms with van der Waals surface area (Å²) in [7, 11) is 0. The second-order valence-electron chi connectivity index (χ2n) is 4.19. The van der Waals surface area contributed by atoms with E-state index in [1.807, 2.05) is 0 Å². The molecule has 0 radical (unpaired) electrons. The summed E-state index contributed by atoms with van der Waals surface area (Å²) in [4.78, 5) is 23.3. The predicted molar refractivity (Wildman–Crippen MR) is 84.9 cm³/mol. The Kier molecular flexibility index (Phi) is 4.50. The summed E-state index contributed by atoms with van der Waals surface area (Å²) in [5.41, 5.74) is 6.41. The van der Waals surface area contributed by atoms with E-state index in [1.165, 1.54) is 30.3 Å². The second-order valence-corrected chi connectivity index (χ2v) is 5.51. The molecule has 0 unspecified atom stereocenters. The number of carboxylic acids is 1. The molecule has 0 heterocycles. The van der Waals surface area contributed by atoms with Crippen LogP contribution < -0.4 is 11.1 Å². The molecule has 7 heteroatoms. The molecule has 0 saturated heterocycles. The summed E-state index contributed by atoms with van der Waals surface area (Å²) < 4.78 is 0.651. The van der Waals surface area contributed by atoms with Crippen molar-refractivity contribution in [2.24, 2.45) is 0 Å². The van der Waals surface area contributed by atoms with Gasteiger partial charge in [-0.15, -0.1) is 0 Å². The number of benzene rings is 2. The van der Waals surface area contributed by atoms with Crippen LogP contribution in [0.4, 0.5) is 11.4 Å². The average Bonchev–Trinajstić information content (AvgIpc) is 2.41. The van der Waals surface area contributed by atoms with E-state index in [1.54, 1.807) is 6.07 Å². The van der Waals surface area contributed by atoms with Crippen molar-refractivity contribution in [1.29, 1.82) is 0 Å². The zero-order valence-electron chi connectivity index (χ0n) is 10.6. The van der Waals surface area contributed by atoms with Crippen LogP contribution in [-0.2, 0) is 0 Å². The molecule has 2 rings (SSSR count). The normalized spacial score (nSPS) is 10.2. The van der Waals surface area contributed by atoms with Crippen molar-refractivity contribution in [3.05, 3.63) is 57.0 Å². The first-order valence-corrected chi connectivity index (χ1v) is 6.95. The largest absolute Gasteiger partial charge is 0.478 e. The van der Waals surface area contributed by atoms with Gasteiger partial charge in [0.2, 0.25) is 0 Å². The minimum Gasteiger partial charge on any atom is -0.478 e. The van der Waals surface area contributed by atoms with Gasteiger partial charge in [-0.1, -0.05) is 27.5 Å². The predicted octanol–water partition coefficient (Wildman–Crippen LogP) is 3.64. The van der Waals surface area contributed by atoms with Gasteiger partial charge in [-0.25, -0.2) is 4.79 Å². The Labute approximate surface area is 133 Å². The fourth-order valence-electron chi connectivity index (χ4n) is 1.67. The lowest BCUT2D eigenvalue weighted by atomic mass is 10.1. The number of halogens is 2. The van der Waals surface area contributed by atoms with Gasteiger partial charge >= 0.3 is 5.97 Å². The van der Waals surface area contributed by atoms with Gasteiger partial charge in [0.15, 0.2) is 0 Å². The molecule has 0 aromatic heterocycles. The highest BCUT2D eigenvalue weighted by molar-refractivity contribution is 9.10. The molecule has 5 nitrogen and oxygen atoms in total. The zero-order valence-corrected chi connectivity index (χ0v) is 12.9. The lowest BCUT2D eigenvalue weighted by Gasteiger charge is -2.10. The molecule has 0 saturated carbocycles. The number of hydrogen-bond donors (Lipinski definition) is 3. The maximum absolute atomic E-state index is 12.1. The Hall–Kier alpha value is -2.05. The Morgan fingerprint density at radius 1 is 1.19 bits per heavy atom. The van der Waals surface area contributed by atoms with Crippen molar-refractivity contribution in [3.63, 3.8) is 0 Å². The van der Waals surface area contributed by atoms with Crippen LogP contribution in [0.2, 0.25) is 5.02 Å². The van der Waals surface area contributed by atoms with Gasteiger partial charge in [0.05, 0.1) is 22.0 Å². The summed E-state index contributed by atoms with van der Waals surface area (Å²) >= 11 is 9.09. The van der Waals surface area contributed by atoms with Crippen LogP contribution in [0.5, 0.6) is 0 Å². The van der Waals surface area contributed by atoms with Crippen molar-refractivity contribution < 1.29 is 14.7 Å². The number of aromatic carboxylic acids is 1. The van der Waals surface area contributed by atoms with Gasteiger partial charge in [0.1, 0.15) is 0 Å². The third-order valence-corrected chi connectivity index (χ3v) is 3.54. The maximum Gasteiger partial charge on any atom is 0.337 e. The van der Waals surface area contributed by atoms with Gasteiger partial charge in [0.25, 0.3) is 5.91 Å². The van der Waals surface area contributed by atoms with E-state index in [2.05, 4.69) is 21.2 Å². The average molecular weight is 370 g/mol. The number of carbonyl (C=O) groups excluding carboxylic acids is 1. The smallest absolute Gasteiger partial charge is 0.337 e. The number of carbonyl (C=O) groups is 2. The van der Waals surface area contributed by atoms with Gasteiger partial charge in [-0.3, -0.25) is 4.79 Å². The Balaban J connectivity index is 2.33. The molecular formula is C14H10BrClN2O3. The zero-order chi connectivity index (χ0) is 15.6. The molecule has 2 aromatic rings. The first-order valence-electron chi connectivity index (χ1n) is 5.77. The minimum atomic E-state index is -1.13. The van der Waals surface area contributed by atoms with Crippen LogP contribution >= 0.6 is 27.5 Å². The van der Waals surface area contributed by atoms with Crippen LogP contribution in [-0.4, -0.2) is 17.0 Å². The Bertz CT molecular complexity index is 734.